The predicted octanol–water partition coefficient (Wildman–Crippen LogP) is 3.20. The first kappa shape index (κ1) is 21.4. The summed E-state index contributed by atoms with van der Waals surface area (Å²) in [6, 6.07) is 7.55. The van der Waals surface area contributed by atoms with E-state index in [2.05, 4.69) is 5.32 Å². The molecule has 0 saturated carbocycles. The van der Waals surface area contributed by atoms with Crippen molar-refractivity contribution >= 4 is 12.0 Å². The zero-order chi connectivity index (χ0) is 21.7. The van der Waals surface area contributed by atoms with Crippen LogP contribution in [0.25, 0.3) is 6.08 Å². The molecule has 0 unspecified atom stereocenters. The van der Waals surface area contributed by atoms with Crippen molar-refractivity contribution in [3.63, 3.8) is 0 Å². The van der Waals surface area contributed by atoms with Crippen molar-refractivity contribution in [2.24, 2.45) is 0 Å². The lowest BCUT2D eigenvalue weighted by Crippen LogP contribution is -2.32. The third-order valence-electron chi connectivity index (χ3n) is 5.19. The van der Waals surface area contributed by atoms with Crippen LogP contribution in [-0.4, -0.2) is 48.0 Å². The lowest BCUT2D eigenvalue weighted by Gasteiger charge is -2.31. The van der Waals surface area contributed by atoms with Crippen LogP contribution in [0, 0.1) is 0 Å². The molecule has 2 aromatic carbocycles. The van der Waals surface area contributed by atoms with E-state index >= 15 is 0 Å². The third kappa shape index (κ3) is 4.30. The van der Waals surface area contributed by atoms with Crippen LogP contribution in [0.5, 0.6) is 28.7 Å². The third-order valence-corrected chi connectivity index (χ3v) is 5.19. The number of hydrogen-bond donors (Lipinski definition) is 1. The maximum Gasteiger partial charge on any atom is 0.244 e. The van der Waals surface area contributed by atoms with Crippen molar-refractivity contribution in [1.29, 1.82) is 0 Å². The zero-order valence-corrected chi connectivity index (χ0v) is 17.9. The molecule has 1 aliphatic carbocycles. The van der Waals surface area contributed by atoms with E-state index < -0.39 is 0 Å². The molecule has 1 aliphatic rings. The lowest BCUT2D eigenvalue weighted by atomic mass is 9.77. The Labute approximate surface area is 176 Å². The Morgan fingerprint density at radius 3 is 2.07 bits per heavy atom. The van der Waals surface area contributed by atoms with E-state index in [1.54, 1.807) is 53.8 Å². The summed E-state index contributed by atoms with van der Waals surface area (Å²) in [6.07, 6.45) is 4.10. The van der Waals surface area contributed by atoms with E-state index in [1.807, 2.05) is 12.1 Å². The Bertz CT molecular complexity index is 928. The molecule has 1 N–H and O–H groups in total. The molecule has 0 radical (unpaired) electrons. The molecule has 0 aromatic heterocycles. The van der Waals surface area contributed by atoms with E-state index in [0.717, 1.165) is 17.7 Å². The predicted molar refractivity (Wildman–Crippen MR) is 114 cm³/mol. The Balaban J connectivity index is 1.63. The van der Waals surface area contributed by atoms with Gasteiger partial charge in [0.15, 0.2) is 23.0 Å². The van der Waals surface area contributed by atoms with Crippen molar-refractivity contribution in [2.45, 2.75) is 12.3 Å². The first-order chi connectivity index (χ1) is 14.5. The van der Waals surface area contributed by atoms with Gasteiger partial charge in [0.25, 0.3) is 0 Å². The molecule has 0 aliphatic heterocycles. The molecule has 1 atom stereocenters. The number of fused-ring (bicyclic) bond motifs is 1. The van der Waals surface area contributed by atoms with Crippen LogP contribution >= 0.6 is 0 Å². The minimum absolute atomic E-state index is 0.169. The molecular formula is C23H27NO6. The number of amides is 1. The fourth-order valence-corrected chi connectivity index (χ4v) is 3.57. The van der Waals surface area contributed by atoms with Crippen LogP contribution in [0.4, 0.5) is 0 Å². The van der Waals surface area contributed by atoms with Gasteiger partial charge >= 0.3 is 0 Å². The van der Waals surface area contributed by atoms with Gasteiger partial charge in [-0.25, -0.2) is 0 Å². The van der Waals surface area contributed by atoms with Gasteiger partial charge in [-0.05, 0) is 53.5 Å². The molecule has 30 heavy (non-hydrogen) atoms. The highest BCUT2D eigenvalue weighted by Crippen LogP contribution is 2.42. The van der Waals surface area contributed by atoms with Crippen LogP contribution in [0.2, 0.25) is 0 Å². The van der Waals surface area contributed by atoms with Crippen LogP contribution in [0.1, 0.15) is 22.6 Å². The van der Waals surface area contributed by atoms with Gasteiger partial charge in [0.2, 0.25) is 11.7 Å². The topological polar surface area (TPSA) is 75.3 Å². The fraction of sp³-hybridized carbons (Fsp3) is 0.348. The van der Waals surface area contributed by atoms with Crippen LogP contribution in [0.15, 0.2) is 30.3 Å². The smallest absolute Gasteiger partial charge is 0.244 e. The second-order valence-corrected chi connectivity index (χ2v) is 6.84. The minimum Gasteiger partial charge on any atom is -0.493 e. The average Bonchev–Trinajstić information content (AvgIpc) is 2.76. The first-order valence-electron chi connectivity index (χ1n) is 9.55. The monoisotopic (exact) mass is 413 g/mol. The molecule has 160 valence electrons. The number of carbonyl (C=O) groups excluding carboxylic acids is 1. The molecule has 0 heterocycles. The van der Waals surface area contributed by atoms with Gasteiger partial charge in [0.05, 0.1) is 35.5 Å². The molecule has 1 amide bonds. The standard InChI is InChI=1S/C23H27NO6/c1-26-18-11-15-10-16(17(15)12-19(18)27-2)13-24-22(25)7-6-14-8-20(28-3)23(30-5)21(9-14)29-4/h6-9,11-12,16H,10,13H2,1-5H3,(H,24,25)/b7-6-/t16-/m1/s1. The average molecular weight is 413 g/mol. The Hall–Kier alpha value is -3.35. The maximum absolute atomic E-state index is 12.3. The minimum atomic E-state index is -0.169. The number of methoxy groups -OCH3 is 5. The summed E-state index contributed by atoms with van der Waals surface area (Å²) in [7, 11) is 7.90. The SMILES string of the molecule is COc1cc2c(cc1OC)[C@@H](CNC(=O)/C=C\c1cc(OC)c(OC)c(OC)c1)C2. The fourth-order valence-electron chi connectivity index (χ4n) is 3.57. The molecular weight excluding hydrogens is 386 g/mol. The van der Waals surface area contributed by atoms with Crippen molar-refractivity contribution in [3.8, 4) is 28.7 Å². The molecule has 2 aromatic rings. The van der Waals surface area contributed by atoms with Gasteiger partial charge < -0.3 is 29.0 Å². The van der Waals surface area contributed by atoms with Gasteiger partial charge in [-0.3, -0.25) is 4.79 Å². The number of hydrogen-bond acceptors (Lipinski definition) is 6. The van der Waals surface area contributed by atoms with E-state index in [9.17, 15) is 4.79 Å². The summed E-state index contributed by atoms with van der Waals surface area (Å²) >= 11 is 0. The highest BCUT2D eigenvalue weighted by molar-refractivity contribution is 5.92. The van der Waals surface area contributed by atoms with Gasteiger partial charge in [0.1, 0.15) is 0 Å². The van der Waals surface area contributed by atoms with Crippen molar-refractivity contribution in [2.75, 3.05) is 42.1 Å². The van der Waals surface area contributed by atoms with Crippen LogP contribution in [0.3, 0.4) is 0 Å². The molecule has 0 fully saturated rings. The first-order valence-corrected chi connectivity index (χ1v) is 9.55. The number of nitrogens with one attached hydrogen (secondary N) is 1. The van der Waals surface area contributed by atoms with E-state index in [0.29, 0.717) is 29.5 Å². The quantitative estimate of drug-likeness (QED) is 0.637. The summed E-state index contributed by atoms with van der Waals surface area (Å²) in [6.45, 7) is 0.556. The molecule has 0 spiro atoms. The van der Waals surface area contributed by atoms with Crippen molar-refractivity contribution in [1.82, 2.24) is 5.32 Å². The molecule has 0 saturated heterocycles. The van der Waals surface area contributed by atoms with Crippen LogP contribution < -0.4 is 29.0 Å². The number of benzene rings is 2. The normalized spacial score (nSPS) is 14.5. The number of ether oxygens (including phenoxy) is 5. The number of rotatable bonds is 9. The summed E-state index contributed by atoms with van der Waals surface area (Å²) in [4.78, 5) is 12.3. The van der Waals surface area contributed by atoms with Crippen molar-refractivity contribution in [3.05, 3.63) is 47.0 Å². The molecule has 3 rings (SSSR count). The van der Waals surface area contributed by atoms with E-state index in [1.165, 1.54) is 17.2 Å². The van der Waals surface area contributed by atoms with E-state index in [-0.39, 0.29) is 11.8 Å². The summed E-state index contributed by atoms with van der Waals surface area (Å²) < 4.78 is 26.7. The van der Waals surface area contributed by atoms with Gasteiger partial charge in [0, 0.05) is 18.5 Å². The van der Waals surface area contributed by atoms with Crippen LogP contribution in [-0.2, 0) is 11.2 Å². The summed E-state index contributed by atoms with van der Waals surface area (Å²) in [5, 5.41) is 2.96. The number of carbonyl (C=O) groups is 1. The second kappa shape index (κ2) is 9.43. The molecule has 0 bridgehead atoms. The van der Waals surface area contributed by atoms with Gasteiger partial charge in [-0.1, -0.05) is 0 Å². The van der Waals surface area contributed by atoms with E-state index in [4.69, 9.17) is 23.7 Å². The highest BCUT2D eigenvalue weighted by atomic mass is 16.5. The summed E-state index contributed by atoms with van der Waals surface area (Å²) in [5.74, 6) is 3.11. The molecule has 7 heteroatoms. The second-order valence-electron chi connectivity index (χ2n) is 6.84. The Morgan fingerprint density at radius 1 is 0.900 bits per heavy atom. The largest absolute Gasteiger partial charge is 0.493 e. The Kier molecular flexibility index (Phi) is 6.72. The van der Waals surface area contributed by atoms with Crippen molar-refractivity contribution < 1.29 is 28.5 Å². The zero-order valence-electron chi connectivity index (χ0n) is 17.9. The Morgan fingerprint density at radius 2 is 1.50 bits per heavy atom. The summed E-state index contributed by atoms with van der Waals surface area (Å²) in [5.41, 5.74) is 3.17. The highest BCUT2D eigenvalue weighted by Gasteiger charge is 2.28. The lowest BCUT2D eigenvalue weighted by molar-refractivity contribution is -0.116. The van der Waals surface area contributed by atoms with Gasteiger partial charge in [-0.15, -0.1) is 0 Å². The molecule has 7 nitrogen and oxygen atoms in total. The van der Waals surface area contributed by atoms with Gasteiger partial charge in [-0.2, -0.15) is 0 Å². The maximum atomic E-state index is 12.3.